The zero-order valence-electron chi connectivity index (χ0n) is 14.1. The predicted octanol–water partition coefficient (Wildman–Crippen LogP) is 3.30. The fraction of sp³-hybridized carbons (Fsp3) is 0.250. The Morgan fingerprint density at radius 3 is 2.80 bits per heavy atom. The van der Waals surface area contributed by atoms with Crippen LogP contribution in [-0.4, -0.2) is 32.3 Å². The summed E-state index contributed by atoms with van der Waals surface area (Å²) in [6.45, 7) is 3.43. The van der Waals surface area contributed by atoms with Gasteiger partial charge in [0.25, 0.3) is 0 Å². The lowest BCUT2D eigenvalue weighted by atomic mass is 10.1. The maximum Gasteiger partial charge on any atom is 0.223 e. The lowest BCUT2D eigenvalue weighted by molar-refractivity contribution is -0.128. The Morgan fingerprint density at radius 2 is 2.04 bits per heavy atom. The van der Waals surface area contributed by atoms with Crippen LogP contribution >= 0.6 is 0 Å². The molecule has 1 aliphatic heterocycles. The molecule has 0 unspecified atom stereocenters. The van der Waals surface area contributed by atoms with Gasteiger partial charge in [-0.3, -0.25) is 9.78 Å². The Hall–Kier alpha value is -2.95. The molecular formula is C20H20N4O. The van der Waals surface area contributed by atoms with E-state index in [0.29, 0.717) is 19.5 Å². The summed E-state index contributed by atoms with van der Waals surface area (Å²) in [4.78, 5) is 26.3. The monoisotopic (exact) mass is 332 g/mol. The second kappa shape index (κ2) is 6.51. The van der Waals surface area contributed by atoms with Gasteiger partial charge in [0.2, 0.25) is 5.91 Å². The van der Waals surface area contributed by atoms with Crippen LogP contribution in [0.5, 0.6) is 0 Å². The van der Waals surface area contributed by atoms with Crippen LogP contribution in [0, 0.1) is 6.92 Å². The second-order valence-corrected chi connectivity index (χ2v) is 6.58. The number of rotatable bonds is 4. The molecule has 1 saturated heterocycles. The third kappa shape index (κ3) is 3.31. The zero-order valence-corrected chi connectivity index (χ0v) is 14.1. The Bertz CT molecular complexity index is 870. The number of pyridine rings is 1. The number of imidazole rings is 1. The fourth-order valence-corrected chi connectivity index (χ4v) is 3.23. The molecule has 126 valence electrons. The van der Waals surface area contributed by atoms with Crippen molar-refractivity contribution in [3.05, 3.63) is 71.9 Å². The summed E-state index contributed by atoms with van der Waals surface area (Å²) in [6, 6.07) is 12.2. The van der Waals surface area contributed by atoms with E-state index in [2.05, 4.69) is 46.1 Å². The van der Waals surface area contributed by atoms with Crippen LogP contribution in [0.3, 0.4) is 0 Å². The summed E-state index contributed by atoms with van der Waals surface area (Å²) in [7, 11) is 0. The average Bonchev–Trinajstić information content (AvgIpc) is 3.25. The Balaban J connectivity index is 1.47. The van der Waals surface area contributed by atoms with Crippen molar-refractivity contribution in [3.63, 3.8) is 0 Å². The topological polar surface area (TPSA) is 61.9 Å². The number of hydrogen-bond donors (Lipinski definition) is 1. The summed E-state index contributed by atoms with van der Waals surface area (Å²) in [5.74, 6) is 1.17. The van der Waals surface area contributed by atoms with Gasteiger partial charge in [-0.1, -0.05) is 29.8 Å². The van der Waals surface area contributed by atoms with Crippen molar-refractivity contribution >= 4 is 5.91 Å². The van der Waals surface area contributed by atoms with Gasteiger partial charge in [0, 0.05) is 43.4 Å². The van der Waals surface area contributed by atoms with Gasteiger partial charge >= 0.3 is 0 Å². The number of amides is 1. The first kappa shape index (κ1) is 15.6. The highest BCUT2D eigenvalue weighted by Gasteiger charge is 2.32. The first-order valence-electron chi connectivity index (χ1n) is 8.47. The normalized spacial score (nSPS) is 17.2. The molecule has 1 atom stereocenters. The van der Waals surface area contributed by atoms with Crippen molar-refractivity contribution in [1.29, 1.82) is 0 Å². The molecule has 5 heteroatoms. The van der Waals surface area contributed by atoms with E-state index in [4.69, 9.17) is 0 Å². The largest absolute Gasteiger partial charge is 0.342 e. The number of nitrogens with one attached hydrogen (secondary N) is 1. The van der Waals surface area contributed by atoms with Gasteiger partial charge in [-0.25, -0.2) is 4.98 Å². The second-order valence-electron chi connectivity index (χ2n) is 6.58. The minimum Gasteiger partial charge on any atom is -0.342 e. The molecule has 1 aromatic carbocycles. The van der Waals surface area contributed by atoms with Crippen LogP contribution in [0.4, 0.5) is 0 Å². The number of aromatic amines is 1. The van der Waals surface area contributed by atoms with Gasteiger partial charge in [0.1, 0.15) is 5.82 Å². The highest BCUT2D eigenvalue weighted by Crippen LogP contribution is 2.29. The number of aromatic nitrogens is 3. The van der Waals surface area contributed by atoms with Gasteiger partial charge < -0.3 is 9.88 Å². The average molecular weight is 332 g/mol. The first-order valence-corrected chi connectivity index (χ1v) is 8.47. The highest BCUT2D eigenvalue weighted by molar-refractivity contribution is 5.79. The summed E-state index contributed by atoms with van der Waals surface area (Å²) in [5, 5.41) is 0. The Morgan fingerprint density at radius 1 is 1.20 bits per heavy atom. The Kier molecular flexibility index (Phi) is 4.06. The molecule has 0 saturated carbocycles. The molecule has 5 nitrogen and oxygen atoms in total. The molecule has 0 radical (unpaired) electrons. The lowest BCUT2D eigenvalue weighted by Gasteiger charge is -2.16. The minimum absolute atomic E-state index is 0.114. The van der Waals surface area contributed by atoms with E-state index >= 15 is 0 Å². The van der Waals surface area contributed by atoms with Crippen LogP contribution < -0.4 is 0 Å². The third-order valence-electron chi connectivity index (χ3n) is 4.66. The molecule has 1 N–H and O–H groups in total. The van der Waals surface area contributed by atoms with E-state index in [1.54, 1.807) is 12.4 Å². The smallest absolute Gasteiger partial charge is 0.223 e. The van der Waals surface area contributed by atoms with Gasteiger partial charge in [-0.05, 0) is 24.6 Å². The van der Waals surface area contributed by atoms with Crippen molar-refractivity contribution < 1.29 is 4.79 Å². The van der Waals surface area contributed by atoms with Crippen LogP contribution in [0.15, 0.2) is 55.0 Å². The molecular weight excluding hydrogens is 312 g/mol. The maximum absolute atomic E-state index is 12.4. The molecule has 1 aliphatic rings. The number of carbonyl (C=O) groups excluding carboxylic acids is 1. The van der Waals surface area contributed by atoms with E-state index in [-0.39, 0.29) is 11.8 Å². The van der Waals surface area contributed by atoms with Gasteiger partial charge in [-0.2, -0.15) is 0 Å². The van der Waals surface area contributed by atoms with Gasteiger partial charge in [0.05, 0.1) is 11.9 Å². The molecule has 0 aliphatic carbocycles. The zero-order chi connectivity index (χ0) is 17.2. The Labute approximate surface area is 146 Å². The van der Waals surface area contributed by atoms with Crippen LogP contribution in [0.2, 0.25) is 0 Å². The quantitative estimate of drug-likeness (QED) is 0.797. The van der Waals surface area contributed by atoms with E-state index < -0.39 is 0 Å². The van der Waals surface area contributed by atoms with Gasteiger partial charge in [0.15, 0.2) is 0 Å². The molecule has 2 aromatic heterocycles. The maximum atomic E-state index is 12.4. The minimum atomic E-state index is 0.114. The number of likely N-dealkylation sites (tertiary alicyclic amines) is 1. The highest BCUT2D eigenvalue weighted by atomic mass is 16.2. The number of H-pyrrole nitrogens is 1. The van der Waals surface area contributed by atoms with Crippen LogP contribution in [0.1, 0.15) is 29.3 Å². The summed E-state index contributed by atoms with van der Waals surface area (Å²) < 4.78 is 0. The van der Waals surface area contributed by atoms with E-state index in [1.165, 1.54) is 5.56 Å². The molecule has 25 heavy (non-hydrogen) atoms. The van der Waals surface area contributed by atoms with Crippen molar-refractivity contribution in [2.45, 2.75) is 25.8 Å². The molecule has 0 bridgehead atoms. The third-order valence-corrected chi connectivity index (χ3v) is 4.66. The van der Waals surface area contributed by atoms with E-state index in [0.717, 1.165) is 22.6 Å². The van der Waals surface area contributed by atoms with Crippen molar-refractivity contribution in [1.82, 2.24) is 19.9 Å². The van der Waals surface area contributed by atoms with Crippen molar-refractivity contribution in [2.75, 3.05) is 6.54 Å². The summed E-state index contributed by atoms with van der Waals surface area (Å²) in [5.41, 5.74) is 4.33. The molecule has 3 heterocycles. The molecule has 3 aromatic rings. The number of benzene rings is 1. The van der Waals surface area contributed by atoms with Crippen LogP contribution in [0.25, 0.3) is 11.3 Å². The number of aryl methyl sites for hydroxylation is 1. The lowest BCUT2D eigenvalue weighted by Crippen LogP contribution is -2.24. The fourth-order valence-electron chi connectivity index (χ4n) is 3.23. The summed E-state index contributed by atoms with van der Waals surface area (Å²) >= 11 is 0. The van der Waals surface area contributed by atoms with E-state index in [9.17, 15) is 4.79 Å². The van der Waals surface area contributed by atoms with Crippen LogP contribution in [-0.2, 0) is 11.3 Å². The van der Waals surface area contributed by atoms with Crippen molar-refractivity contribution in [3.8, 4) is 11.3 Å². The predicted molar refractivity (Wildman–Crippen MR) is 95.8 cm³/mol. The van der Waals surface area contributed by atoms with Gasteiger partial charge in [-0.15, -0.1) is 0 Å². The molecule has 4 rings (SSSR count). The standard InChI is InChI=1S/C20H20N4O/c1-14-4-6-15(7-5-14)12-24-13-17(9-19(24)25)20-22-11-18(23-20)16-3-2-8-21-10-16/h2-8,10-11,17H,9,12-13H2,1H3,(H,22,23)/t17-/m1/s1. The van der Waals surface area contributed by atoms with Crippen molar-refractivity contribution in [2.24, 2.45) is 0 Å². The van der Waals surface area contributed by atoms with E-state index in [1.807, 2.05) is 23.2 Å². The number of nitrogens with zero attached hydrogens (tertiary/aromatic N) is 3. The number of hydrogen-bond acceptors (Lipinski definition) is 3. The first-order chi connectivity index (χ1) is 12.2. The summed E-state index contributed by atoms with van der Waals surface area (Å²) in [6.07, 6.45) is 5.88. The number of carbonyl (C=O) groups is 1. The molecule has 1 amide bonds. The SMILES string of the molecule is Cc1ccc(CN2C[C@H](c3ncc(-c4cccnc4)[nH]3)CC2=O)cc1. The molecule has 0 spiro atoms. The molecule has 1 fully saturated rings.